The molecule has 4 nitrogen and oxygen atoms in total. The monoisotopic (exact) mass is 196 g/mol. The van der Waals surface area contributed by atoms with Crippen LogP contribution in [-0.2, 0) is 11.3 Å². The molecule has 0 heterocycles. The molecule has 0 saturated heterocycles. The highest BCUT2D eigenvalue weighted by molar-refractivity contribution is 5.45. The summed E-state index contributed by atoms with van der Waals surface area (Å²) in [6.45, 7) is 0.231. The van der Waals surface area contributed by atoms with Crippen LogP contribution in [0.4, 0.5) is 4.39 Å². The van der Waals surface area contributed by atoms with Gasteiger partial charge in [0.05, 0.1) is 12.2 Å². The molecule has 0 aliphatic heterocycles. The quantitative estimate of drug-likeness (QED) is 0.702. The largest absolute Gasteiger partial charge is 0.504 e. The van der Waals surface area contributed by atoms with Gasteiger partial charge >= 0.3 is 0 Å². The first-order valence-corrected chi connectivity index (χ1v) is 3.92. The third-order valence-electron chi connectivity index (χ3n) is 1.75. The van der Waals surface area contributed by atoms with Crippen LogP contribution in [0.15, 0.2) is 12.1 Å². The molecule has 74 valence electrons. The molecule has 0 bridgehead atoms. The Hall–Kier alpha value is -1.64. The zero-order chi connectivity index (χ0) is 10.6. The second kappa shape index (κ2) is 4.56. The molecule has 1 aromatic carbocycles. The van der Waals surface area contributed by atoms with Crippen LogP contribution in [0.3, 0.4) is 0 Å². The summed E-state index contributed by atoms with van der Waals surface area (Å²) in [5, 5.41) is 17.7. The fourth-order valence-corrected chi connectivity index (χ4v) is 1.06. The second-order valence-electron chi connectivity index (χ2n) is 2.71. The number of hydrogen-bond donors (Lipinski definition) is 2. The van der Waals surface area contributed by atoms with Crippen molar-refractivity contribution in [1.29, 1.82) is 5.26 Å². The molecular formula is C9H9FN2O2. The topological polar surface area (TPSA) is 79.3 Å². The Morgan fingerprint density at radius 1 is 1.57 bits per heavy atom. The van der Waals surface area contributed by atoms with E-state index in [1.165, 1.54) is 6.07 Å². The molecule has 1 aromatic rings. The van der Waals surface area contributed by atoms with Crippen LogP contribution in [0.25, 0.3) is 0 Å². The van der Waals surface area contributed by atoms with E-state index < -0.39 is 11.6 Å². The normalized spacial score (nSPS) is 9.79. The minimum Gasteiger partial charge on any atom is -0.504 e. The minimum absolute atomic E-state index is 0.0861. The van der Waals surface area contributed by atoms with Crippen LogP contribution in [-0.4, -0.2) is 11.7 Å². The molecule has 0 radical (unpaired) electrons. The van der Waals surface area contributed by atoms with E-state index in [1.54, 1.807) is 6.07 Å². The lowest BCUT2D eigenvalue weighted by molar-refractivity contribution is 0.141. The summed E-state index contributed by atoms with van der Waals surface area (Å²) in [5.41, 5.74) is 0.472. The smallest absolute Gasteiger partial charge is 0.169 e. The van der Waals surface area contributed by atoms with Gasteiger partial charge in [-0.1, -0.05) is 0 Å². The number of benzene rings is 1. The number of aromatic hydroxyl groups is 1. The first kappa shape index (κ1) is 10.4. The van der Waals surface area contributed by atoms with Crippen molar-refractivity contribution >= 4 is 0 Å². The summed E-state index contributed by atoms with van der Waals surface area (Å²) < 4.78 is 13.0. The van der Waals surface area contributed by atoms with Gasteiger partial charge in [-0.3, -0.25) is 0 Å². The van der Waals surface area contributed by atoms with E-state index in [9.17, 15) is 4.39 Å². The molecule has 0 aliphatic carbocycles. The van der Waals surface area contributed by atoms with Crippen molar-refractivity contribution in [3.63, 3.8) is 0 Å². The highest BCUT2D eigenvalue weighted by atomic mass is 19.1. The van der Waals surface area contributed by atoms with Crippen molar-refractivity contribution in [3.05, 3.63) is 29.1 Å². The average Bonchev–Trinajstić information content (AvgIpc) is 2.19. The predicted octanol–water partition coefficient (Wildman–Crippen LogP) is 0.836. The Balaban J connectivity index is 2.99. The van der Waals surface area contributed by atoms with Crippen molar-refractivity contribution in [2.75, 3.05) is 6.61 Å². The van der Waals surface area contributed by atoms with E-state index in [-0.39, 0.29) is 12.2 Å². The van der Waals surface area contributed by atoms with Gasteiger partial charge in [0.15, 0.2) is 11.6 Å². The molecule has 0 fully saturated rings. The third kappa shape index (κ3) is 2.19. The standard InChI is InChI=1S/C9H9FN2O2/c10-8-4-6(1-2-14-12)3-7(5-11)9(8)13/h3-4,13H,1-2,12H2. The first-order valence-electron chi connectivity index (χ1n) is 3.92. The SMILES string of the molecule is N#Cc1cc(CCON)cc(F)c1O. The van der Waals surface area contributed by atoms with Crippen molar-refractivity contribution < 1.29 is 14.3 Å². The van der Waals surface area contributed by atoms with E-state index in [0.29, 0.717) is 12.0 Å². The van der Waals surface area contributed by atoms with Crippen molar-refractivity contribution in [1.82, 2.24) is 0 Å². The molecule has 14 heavy (non-hydrogen) atoms. The molecule has 0 spiro atoms. The van der Waals surface area contributed by atoms with Crippen LogP contribution in [0.1, 0.15) is 11.1 Å². The van der Waals surface area contributed by atoms with Gasteiger partial charge in [0.1, 0.15) is 6.07 Å². The minimum atomic E-state index is -0.809. The molecular weight excluding hydrogens is 187 g/mol. The highest BCUT2D eigenvalue weighted by Crippen LogP contribution is 2.22. The summed E-state index contributed by atoms with van der Waals surface area (Å²) in [6.07, 6.45) is 0.391. The Labute approximate surface area is 80.3 Å². The molecule has 3 N–H and O–H groups in total. The van der Waals surface area contributed by atoms with Crippen LogP contribution in [0, 0.1) is 17.1 Å². The Morgan fingerprint density at radius 3 is 2.86 bits per heavy atom. The molecule has 0 aliphatic rings. The van der Waals surface area contributed by atoms with Gasteiger partial charge in [-0.05, 0) is 24.1 Å². The number of nitrogens with two attached hydrogens (primary N) is 1. The molecule has 0 amide bonds. The summed E-state index contributed by atoms with van der Waals surface area (Å²) >= 11 is 0. The highest BCUT2D eigenvalue weighted by Gasteiger charge is 2.08. The van der Waals surface area contributed by atoms with Crippen LogP contribution in [0.2, 0.25) is 0 Å². The summed E-state index contributed by atoms with van der Waals surface area (Å²) in [4.78, 5) is 4.32. The summed E-state index contributed by atoms with van der Waals surface area (Å²) in [6, 6.07) is 4.24. The lowest BCUT2D eigenvalue weighted by atomic mass is 10.1. The van der Waals surface area contributed by atoms with E-state index in [0.717, 1.165) is 6.07 Å². The summed E-state index contributed by atoms with van der Waals surface area (Å²) in [5.74, 6) is 3.38. The predicted molar refractivity (Wildman–Crippen MR) is 46.6 cm³/mol. The first-order chi connectivity index (χ1) is 6.69. The number of halogens is 1. The molecule has 0 unspecified atom stereocenters. The maximum absolute atomic E-state index is 13.0. The molecule has 0 saturated carbocycles. The lowest BCUT2D eigenvalue weighted by Crippen LogP contribution is -2.04. The number of rotatable bonds is 3. The number of nitrogens with zero attached hydrogens (tertiary/aromatic N) is 1. The number of nitriles is 1. The zero-order valence-corrected chi connectivity index (χ0v) is 7.33. The van der Waals surface area contributed by atoms with Crippen LogP contribution >= 0.6 is 0 Å². The molecule has 5 heteroatoms. The zero-order valence-electron chi connectivity index (χ0n) is 7.33. The lowest BCUT2D eigenvalue weighted by Gasteiger charge is -2.03. The molecule has 0 atom stereocenters. The summed E-state index contributed by atoms with van der Waals surface area (Å²) in [7, 11) is 0. The number of phenolic OH excluding ortho intramolecular Hbond substituents is 1. The third-order valence-corrected chi connectivity index (χ3v) is 1.75. The maximum Gasteiger partial charge on any atom is 0.169 e. The van der Waals surface area contributed by atoms with Gasteiger partial charge in [-0.2, -0.15) is 5.26 Å². The van der Waals surface area contributed by atoms with Crippen LogP contribution < -0.4 is 5.90 Å². The van der Waals surface area contributed by atoms with E-state index in [4.69, 9.17) is 16.3 Å². The Kier molecular flexibility index (Phi) is 3.40. The van der Waals surface area contributed by atoms with Crippen LogP contribution in [0.5, 0.6) is 5.75 Å². The van der Waals surface area contributed by atoms with Gasteiger partial charge in [0, 0.05) is 0 Å². The average molecular weight is 196 g/mol. The maximum atomic E-state index is 13.0. The molecule has 0 aromatic heterocycles. The Morgan fingerprint density at radius 2 is 2.29 bits per heavy atom. The number of hydrogen-bond acceptors (Lipinski definition) is 4. The second-order valence-corrected chi connectivity index (χ2v) is 2.71. The Bertz CT molecular complexity index is 374. The number of phenols is 1. The van der Waals surface area contributed by atoms with Gasteiger partial charge < -0.3 is 9.94 Å². The van der Waals surface area contributed by atoms with Gasteiger partial charge in [-0.15, -0.1) is 0 Å². The van der Waals surface area contributed by atoms with Crippen molar-refractivity contribution in [2.45, 2.75) is 6.42 Å². The fourth-order valence-electron chi connectivity index (χ4n) is 1.06. The molecule has 1 rings (SSSR count). The van der Waals surface area contributed by atoms with Gasteiger partial charge in [-0.25, -0.2) is 10.3 Å². The van der Waals surface area contributed by atoms with E-state index in [1.807, 2.05) is 0 Å². The van der Waals surface area contributed by atoms with Gasteiger partial charge in [0.2, 0.25) is 0 Å². The van der Waals surface area contributed by atoms with Crippen molar-refractivity contribution in [3.8, 4) is 11.8 Å². The fraction of sp³-hybridized carbons (Fsp3) is 0.222. The van der Waals surface area contributed by atoms with E-state index in [2.05, 4.69) is 4.84 Å². The van der Waals surface area contributed by atoms with Gasteiger partial charge in [0.25, 0.3) is 0 Å². The van der Waals surface area contributed by atoms with Crippen molar-refractivity contribution in [2.24, 2.45) is 5.90 Å². The van der Waals surface area contributed by atoms with E-state index >= 15 is 0 Å².